The molecule has 7 heteroatoms. The lowest BCUT2D eigenvalue weighted by Gasteiger charge is -2.02. The number of rotatable bonds is 6. The lowest BCUT2D eigenvalue weighted by Crippen LogP contribution is -2.16. The van der Waals surface area contributed by atoms with Gasteiger partial charge in [0, 0.05) is 19.3 Å². The van der Waals surface area contributed by atoms with E-state index in [-0.39, 0.29) is 0 Å². The smallest absolute Gasteiger partial charge is 0.113 e. The molecule has 1 N–H and O–H groups in total. The molecular weight excluding hydrogens is 246 g/mol. The van der Waals surface area contributed by atoms with Crippen LogP contribution in [0.1, 0.15) is 11.4 Å². The van der Waals surface area contributed by atoms with Gasteiger partial charge in [0.2, 0.25) is 0 Å². The van der Waals surface area contributed by atoms with Gasteiger partial charge >= 0.3 is 0 Å². The van der Waals surface area contributed by atoms with Crippen LogP contribution in [-0.2, 0) is 13.1 Å². The Labute approximate surface area is 102 Å². The van der Waals surface area contributed by atoms with E-state index in [2.05, 4.69) is 20.6 Å². The Hall–Kier alpha value is -0.980. The SMILES string of the molecule is Clc1cnc(CNCCCn2ccnn2)s1. The minimum absolute atomic E-state index is 0.736. The zero-order valence-corrected chi connectivity index (χ0v) is 10.2. The average Bonchev–Trinajstić information content (AvgIpc) is 2.89. The van der Waals surface area contributed by atoms with Gasteiger partial charge in [-0.1, -0.05) is 16.8 Å². The summed E-state index contributed by atoms with van der Waals surface area (Å²) in [6.07, 6.45) is 6.24. The van der Waals surface area contributed by atoms with Crippen molar-refractivity contribution in [2.24, 2.45) is 0 Å². The highest BCUT2D eigenvalue weighted by molar-refractivity contribution is 7.15. The first kappa shape index (κ1) is 11.5. The van der Waals surface area contributed by atoms with E-state index in [1.165, 1.54) is 11.3 Å². The molecule has 86 valence electrons. The molecule has 0 atom stereocenters. The van der Waals surface area contributed by atoms with Gasteiger partial charge in [0.15, 0.2) is 0 Å². The molecule has 0 saturated carbocycles. The Balaban J connectivity index is 1.59. The predicted octanol–water partition coefficient (Wildman–Crippen LogP) is 1.57. The van der Waals surface area contributed by atoms with Crippen molar-refractivity contribution in [2.75, 3.05) is 6.54 Å². The normalized spacial score (nSPS) is 10.8. The molecule has 0 aliphatic heterocycles. The van der Waals surface area contributed by atoms with Gasteiger partial charge in [-0.3, -0.25) is 4.68 Å². The summed E-state index contributed by atoms with van der Waals surface area (Å²) in [6, 6.07) is 0. The maximum absolute atomic E-state index is 5.78. The molecule has 2 heterocycles. The van der Waals surface area contributed by atoms with Gasteiger partial charge in [-0.25, -0.2) is 4.98 Å². The van der Waals surface area contributed by atoms with Crippen molar-refractivity contribution in [1.82, 2.24) is 25.3 Å². The van der Waals surface area contributed by atoms with E-state index in [0.29, 0.717) is 0 Å². The highest BCUT2D eigenvalue weighted by atomic mass is 35.5. The minimum Gasteiger partial charge on any atom is -0.310 e. The zero-order chi connectivity index (χ0) is 11.2. The highest BCUT2D eigenvalue weighted by Gasteiger charge is 1.98. The maximum Gasteiger partial charge on any atom is 0.113 e. The molecule has 2 aromatic rings. The second-order valence-electron chi connectivity index (χ2n) is 3.25. The number of nitrogens with one attached hydrogen (secondary N) is 1. The van der Waals surface area contributed by atoms with Gasteiger partial charge in [0.1, 0.15) is 9.34 Å². The fraction of sp³-hybridized carbons (Fsp3) is 0.444. The summed E-state index contributed by atoms with van der Waals surface area (Å²) >= 11 is 7.29. The molecule has 0 bridgehead atoms. The summed E-state index contributed by atoms with van der Waals surface area (Å²) in [5, 5.41) is 12.0. The second kappa shape index (κ2) is 5.93. The van der Waals surface area contributed by atoms with Gasteiger partial charge in [-0.05, 0) is 13.0 Å². The third-order valence-electron chi connectivity index (χ3n) is 2.01. The number of nitrogens with zero attached hydrogens (tertiary/aromatic N) is 4. The van der Waals surface area contributed by atoms with Crippen LogP contribution in [0.3, 0.4) is 0 Å². The lowest BCUT2D eigenvalue weighted by molar-refractivity contribution is 0.530. The molecule has 0 aromatic carbocycles. The fourth-order valence-electron chi connectivity index (χ4n) is 1.28. The summed E-state index contributed by atoms with van der Waals surface area (Å²) in [4.78, 5) is 4.16. The molecule has 2 rings (SSSR count). The van der Waals surface area contributed by atoms with Crippen LogP contribution in [0.2, 0.25) is 4.34 Å². The molecule has 0 aliphatic carbocycles. The van der Waals surface area contributed by atoms with Gasteiger partial charge < -0.3 is 5.32 Å². The van der Waals surface area contributed by atoms with Crippen molar-refractivity contribution < 1.29 is 0 Å². The first-order valence-electron chi connectivity index (χ1n) is 4.99. The number of thiazole rings is 1. The molecule has 0 saturated heterocycles. The first-order valence-corrected chi connectivity index (χ1v) is 6.19. The molecule has 16 heavy (non-hydrogen) atoms. The lowest BCUT2D eigenvalue weighted by atomic mass is 10.4. The summed E-state index contributed by atoms with van der Waals surface area (Å²) in [5.74, 6) is 0. The molecule has 0 spiro atoms. The topological polar surface area (TPSA) is 55.6 Å². The van der Waals surface area contributed by atoms with Crippen molar-refractivity contribution in [3.63, 3.8) is 0 Å². The number of aryl methyl sites for hydroxylation is 1. The summed E-state index contributed by atoms with van der Waals surface area (Å²) in [6.45, 7) is 2.58. The summed E-state index contributed by atoms with van der Waals surface area (Å²) in [7, 11) is 0. The van der Waals surface area contributed by atoms with Crippen LogP contribution in [0.4, 0.5) is 0 Å². The number of halogens is 1. The van der Waals surface area contributed by atoms with Crippen molar-refractivity contribution in [3.8, 4) is 0 Å². The van der Waals surface area contributed by atoms with Crippen LogP contribution >= 0.6 is 22.9 Å². The quantitative estimate of drug-likeness (QED) is 0.798. The highest BCUT2D eigenvalue weighted by Crippen LogP contribution is 2.17. The minimum atomic E-state index is 0.736. The Morgan fingerprint density at radius 2 is 2.44 bits per heavy atom. The van der Waals surface area contributed by atoms with Crippen molar-refractivity contribution >= 4 is 22.9 Å². The summed E-state index contributed by atoms with van der Waals surface area (Å²) < 4.78 is 2.56. The van der Waals surface area contributed by atoms with Gasteiger partial charge in [0.25, 0.3) is 0 Å². The van der Waals surface area contributed by atoms with Crippen LogP contribution in [-0.4, -0.2) is 26.5 Å². The van der Waals surface area contributed by atoms with Crippen LogP contribution in [0, 0.1) is 0 Å². The predicted molar refractivity (Wildman–Crippen MR) is 63.5 cm³/mol. The van der Waals surface area contributed by atoms with E-state index < -0.39 is 0 Å². The van der Waals surface area contributed by atoms with E-state index in [4.69, 9.17) is 11.6 Å². The molecule has 0 radical (unpaired) electrons. The monoisotopic (exact) mass is 257 g/mol. The third-order valence-corrected chi connectivity index (χ3v) is 3.13. The Morgan fingerprint density at radius 3 is 3.12 bits per heavy atom. The number of hydrogen-bond donors (Lipinski definition) is 1. The van der Waals surface area contributed by atoms with Crippen molar-refractivity contribution in [3.05, 3.63) is 27.9 Å². The number of hydrogen-bond acceptors (Lipinski definition) is 5. The largest absolute Gasteiger partial charge is 0.310 e. The molecule has 5 nitrogen and oxygen atoms in total. The third kappa shape index (κ3) is 3.55. The van der Waals surface area contributed by atoms with E-state index >= 15 is 0 Å². The molecule has 0 fully saturated rings. The van der Waals surface area contributed by atoms with E-state index in [1.807, 2.05) is 10.9 Å². The van der Waals surface area contributed by atoms with E-state index in [9.17, 15) is 0 Å². The van der Waals surface area contributed by atoms with Crippen LogP contribution in [0.15, 0.2) is 18.6 Å². The van der Waals surface area contributed by atoms with Gasteiger partial charge in [-0.15, -0.1) is 16.4 Å². The fourth-order valence-corrected chi connectivity index (χ4v) is 2.21. The van der Waals surface area contributed by atoms with Crippen LogP contribution < -0.4 is 5.32 Å². The Kier molecular flexibility index (Phi) is 4.26. The van der Waals surface area contributed by atoms with Crippen LogP contribution in [0.5, 0.6) is 0 Å². The zero-order valence-electron chi connectivity index (χ0n) is 8.64. The second-order valence-corrected chi connectivity index (χ2v) is 5.00. The summed E-state index contributed by atoms with van der Waals surface area (Å²) in [5.41, 5.74) is 0. The molecule has 0 amide bonds. The molecule has 0 aliphatic rings. The average molecular weight is 258 g/mol. The van der Waals surface area contributed by atoms with Gasteiger partial charge in [0.05, 0.1) is 12.4 Å². The number of aromatic nitrogens is 4. The standard InChI is InChI=1S/C9H12ClN5S/c10-8-6-12-9(16-8)7-11-2-1-4-15-5-3-13-14-15/h3,5-6,11H,1-2,4,7H2. The maximum atomic E-state index is 5.78. The van der Waals surface area contributed by atoms with Crippen LogP contribution in [0.25, 0.3) is 0 Å². The Morgan fingerprint density at radius 1 is 1.50 bits per heavy atom. The molecule has 0 unspecified atom stereocenters. The van der Waals surface area contributed by atoms with E-state index in [0.717, 1.165) is 35.4 Å². The van der Waals surface area contributed by atoms with Gasteiger partial charge in [-0.2, -0.15) is 0 Å². The Bertz CT molecular complexity index is 413. The molecular formula is C9H12ClN5S. The first-order chi connectivity index (χ1) is 7.84. The van der Waals surface area contributed by atoms with E-state index in [1.54, 1.807) is 12.4 Å². The molecule has 2 aromatic heterocycles. The van der Waals surface area contributed by atoms with Crippen molar-refractivity contribution in [1.29, 1.82) is 0 Å². The van der Waals surface area contributed by atoms with Crippen molar-refractivity contribution in [2.45, 2.75) is 19.5 Å².